The number of nitro groups is 1. The Hall–Kier alpha value is -3.02. The van der Waals surface area contributed by atoms with Gasteiger partial charge in [0.15, 0.2) is 15.9 Å². The van der Waals surface area contributed by atoms with E-state index in [1.54, 1.807) is 0 Å². The van der Waals surface area contributed by atoms with Crippen molar-refractivity contribution < 1.29 is 32.5 Å². The van der Waals surface area contributed by atoms with Crippen molar-refractivity contribution in [2.75, 3.05) is 19.3 Å². The standard InChI is InChI=1S/C14H15N3O8S/c1-8(12(18)16-6-5-15-14(16)20)25-13(19)9-3-4-11(26(2,23)24)10(7-9)17(21)22/h3-4,7-8H,5-6H2,1-2H3,(H,15,20). The third-order valence-corrected chi connectivity index (χ3v) is 4.69. The summed E-state index contributed by atoms with van der Waals surface area (Å²) in [5, 5.41) is 13.5. The second-order valence-electron chi connectivity index (χ2n) is 5.48. The molecule has 1 atom stereocenters. The van der Waals surface area contributed by atoms with E-state index in [0.29, 0.717) is 0 Å². The Balaban J connectivity index is 2.21. The van der Waals surface area contributed by atoms with E-state index >= 15 is 0 Å². The molecule has 1 unspecified atom stereocenters. The predicted octanol–water partition coefficient (Wildman–Crippen LogP) is 0.0954. The van der Waals surface area contributed by atoms with E-state index < -0.39 is 49.4 Å². The summed E-state index contributed by atoms with van der Waals surface area (Å²) in [6, 6.07) is 2.13. The van der Waals surface area contributed by atoms with E-state index in [4.69, 9.17) is 4.74 Å². The van der Waals surface area contributed by atoms with Gasteiger partial charge in [-0.25, -0.2) is 18.0 Å². The summed E-state index contributed by atoms with van der Waals surface area (Å²) in [7, 11) is -3.87. The number of carbonyl (C=O) groups excluding carboxylic acids is 3. The Morgan fingerprint density at radius 1 is 1.38 bits per heavy atom. The van der Waals surface area contributed by atoms with E-state index in [2.05, 4.69) is 5.32 Å². The molecule has 0 bridgehead atoms. The number of imide groups is 1. The van der Waals surface area contributed by atoms with Crippen LogP contribution < -0.4 is 5.32 Å². The number of nitro benzene ring substituents is 1. The van der Waals surface area contributed by atoms with Gasteiger partial charge in [0, 0.05) is 25.4 Å². The van der Waals surface area contributed by atoms with E-state index in [9.17, 15) is 32.9 Å². The fourth-order valence-electron chi connectivity index (χ4n) is 2.28. The summed E-state index contributed by atoms with van der Waals surface area (Å²) >= 11 is 0. The highest BCUT2D eigenvalue weighted by atomic mass is 32.2. The van der Waals surface area contributed by atoms with Crippen LogP contribution in [0, 0.1) is 10.1 Å². The Kier molecular flexibility index (Phi) is 5.25. The molecule has 1 aromatic rings. The van der Waals surface area contributed by atoms with Crippen LogP contribution >= 0.6 is 0 Å². The van der Waals surface area contributed by atoms with Gasteiger partial charge in [-0.15, -0.1) is 0 Å². The Labute approximate surface area is 148 Å². The molecule has 1 aromatic carbocycles. The number of nitrogens with zero attached hydrogens (tertiary/aromatic N) is 2. The summed E-state index contributed by atoms with van der Waals surface area (Å²) < 4.78 is 28.1. The summed E-state index contributed by atoms with van der Waals surface area (Å²) in [4.78, 5) is 46.1. The number of nitrogens with one attached hydrogen (secondary N) is 1. The Morgan fingerprint density at radius 3 is 2.54 bits per heavy atom. The first-order valence-corrected chi connectivity index (χ1v) is 9.20. The van der Waals surface area contributed by atoms with Crippen molar-refractivity contribution in [1.82, 2.24) is 10.2 Å². The lowest BCUT2D eigenvalue weighted by atomic mass is 10.2. The Morgan fingerprint density at radius 2 is 2.04 bits per heavy atom. The second kappa shape index (κ2) is 7.07. The highest BCUT2D eigenvalue weighted by molar-refractivity contribution is 7.90. The molecule has 2 rings (SSSR count). The average molecular weight is 385 g/mol. The zero-order valence-corrected chi connectivity index (χ0v) is 14.6. The van der Waals surface area contributed by atoms with Gasteiger partial charge in [-0.2, -0.15) is 0 Å². The predicted molar refractivity (Wildman–Crippen MR) is 86.2 cm³/mol. The van der Waals surface area contributed by atoms with Gasteiger partial charge in [0.25, 0.3) is 11.6 Å². The minimum Gasteiger partial charge on any atom is -0.449 e. The van der Waals surface area contributed by atoms with Gasteiger partial charge < -0.3 is 10.1 Å². The molecule has 1 aliphatic rings. The van der Waals surface area contributed by atoms with Crippen molar-refractivity contribution in [3.8, 4) is 0 Å². The van der Waals surface area contributed by atoms with E-state index in [0.717, 1.165) is 29.4 Å². The average Bonchev–Trinajstić information content (AvgIpc) is 2.98. The number of sulfone groups is 1. The third kappa shape index (κ3) is 3.96. The molecule has 1 aliphatic heterocycles. The maximum atomic E-state index is 12.1. The number of ether oxygens (including phenoxy) is 1. The molecule has 0 saturated carbocycles. The topological polar surface area (TPSA) is 153 Å². The van der Waals surface area contributed by atoms with Crippen LogP contribution in [0.5, 0.6) is 0 Å². The first-order valence-electron chi connectivity index (χ1n) is 7.31. The normalized spacial score (nSPS) is 15.3. The summed E-state index contributed by atoms with van der Waals surface area (Å²) in [6.07, 6.45) is -0.505. The van der Waals surface area contributed by atoms with Crippen molar-refractivity contribution in [2.45, 2.75) is 17.9 Å². The summed E-state index contributed by atoms with van der Waals surface area (Å²) in [5.74, 6) is -1.80. The molecule has 11 nitrogen and oxygen atoms in total. The van der Waals surface area contributed by atoms with Gasteiger partial charge in [0.05, 0.1) is 10.5 Å². The van der Waals surface area contributed by atoms with E-state index in [-0.39, 0.29) is 18.7 Å². The fraction of sp³-hybridized carbons (Fsp3) is 0.357. The first-order chi connectivity index (χ1) is 12.0. The number of urea groups is 1. The molecule has 3 amide bonds. The summed E-state index contributed by atoms with van der Waals surface area (Å²) in [5.41, 5.74) is -1.07. The van der Waals surface area contributed by atoms with Crippen LogP contribution in [0.2, 0.25) is 0 Å². The van der Waals surface area contributed by atoms with Crippen LogP contribution in [0.15, 0.2) is 23.1 Å². The van der Waals surface area contributed by atoms with Crippen molar-refractivity contribution in [3.05, 3.63) is 33.9 Å². The first kappa shape index (κ1) is 19.3. The molecule has 1 saturated heterocycles. The van der Waals surface area contributed by atoms with Gasteiger partial charge in [0.2, 0.25) is 0 Å². The van der Waals surface area contributed by atoms with Gasteiger partial charge in [0.1, 0.15) is 4.90 Å². The lowest BCUT2D eigenvalue weighted by molar-refractivity contribution is -0.387. The van der Waals surface area contributed by atoms with Crippen LogP contribution in [0.25, 0.3) is 0 Å². The Bertz CT molecular complexity index is 895. The molecule has 0 aliphatic carbocycles. The summed E-state index contributed by atoms with van der Waals surface area (Å²) in [6.45, 7) is 1.67. The van der Waals surface area contributed by atoms with Crippen molar-refractivity contribution in [2.24, 2.45) is 0 Å². The van der Waals surface area contributed by atoms with Crippen LogP contribution in [0.4, 0.5) is 10.5 Å². The second-order valence-corrected chi connectivity index (χ2v) is 7.47. The van der Waals surface area contributed by atoms with E-state index in [1.807, 2.05) is 0 Å². The molecular formula is C14H15N3O8S. The molecule has 1 heterocycles. The SMILES string of the molecule is CC(OC(=O)c1ccc(S(C)(=O)=O)c([N+](=O)[O-])c1)C(=O)N1CCNC1=O. The van der Waals surface area contributed by atoms with E-state index in [1.165, 1.54) is 6.92 Å². The monoisotopic (exact) mass is 385 g/mol. The fourth-order valence-corrected chi connectivity index (χ4v) is 3.11. The number of esters is 1. The minimum absolute atomic E-state index is 0.133. The van der Waals surface area contributed by atoms with Crippen LogP contribution in [0.3, 0.4) is 0 Å². The molecule has 140 valence electrons. The zero-order valence-electron chi connectivity index (χ0n) is 13.8. The van der Waals surface area contributed by atoms with Crippen molar-refractivity contribution >= 4 is 33.4 Å². The largest absolute Gasteiger partial charge is 0.449 e. The number of carbonyl (C=O) groups is 3. The smallest absolute Gasteiger partial charge is 0.339 e. The lowest BCUT2D eigenvalue weighted by Crippen LogP contribution is -2.41. The van der Waals surface area contributed by atoms with Crippen LogP contribution in [-0.4, -0.2) is 61.6 Å². The van der Waals surface area contributed by atoms with Crippen LogP contribution in [0.1, 0.15) is 17.3 Å². The van der Waals surface area contributed by atoms with Crippen molar-refractivity contribution in [3.63, 3.8) is 0 Å². The van der Waals surface area contributed by atoms with Gasteiger partial charge in [-0.3, -0.25) is 19.8 Å². The van der Waals surface area contributed by atoms with Crippen LogP contribution in [-0.2, 0) is 19.4 Å². The van der Waals surface area contributed by atoms with Gasteiger partial charge in [-0.05, 0) is 19.1 Å². The molecule has 0 radical (unpaired) electrons. The molecule has 1 N–H and O–H groups in total. The highest BCUT2D eigenvalue weighted by Crippen LogP contribution is 2.25. The van der Waals surface area contributed by atoms with Gasteiger partial charge in [-0.1, -0.05) is 0 Å². The third-order valence-electron chi connectivity index (χ3n) is 3.55. The molecule has 0 spiro atoms. The number of amides is 3. The highest BCUT2D eigenvalue weighted by Gasteiger charge is 2.32. The molecule has 12 heteroatoms. The maximum Gasteiger partial charge on any atom is 0.339 e. The molecular weight excluding hydrogens is 370 g/mol. The number of hydrogen-bond acceptors (Lipinski definition) is 8. The van der Waals surface area contributed by atoms with Gasteiger partial charge >= 0.3 is 12.0 Å². The quantitative estimate of drug-likeness (QED) is 0.425. The van der Waals surface area contributed by atoms with Crippen molar-refractivity contribution in [1.29, 1.82) is 0 Å². The lowest BCUT2D eigenvalue weighted by Gasteiger charge is -2.18. The molecule has 1 fully saturated rings. The number of rotatable bonds is 5. The number of benzene rings is 1. The maximum absolute atomic E-state index is 12.1. The minimum atomic E-state index is -3.87. The molecule has 26 heavy (non-hydrogen) atoms. The number of hydrogen-bond donors (Lipinski definition) is 1. The molecule has 0 aromatic heterocycles. The zero-order chi connectivity index (χ0) is 19.6.